The van der Waals surface area contributed by atoms with Crippen LogP contribution in [0, 0.1) is 0 Å². The molecule has 24 heavy (non-hydrogen) atoms. The van der Waals surface area contributed by atoms with E-state index >= 15 is 0 Å². The molecule has 2 aliphatic heterocycles. The number of anilines is 1. The van der Waals surface area contributed by atoms with Crippen LogP contribution in [-0.4, -0.2) is 64.9 Å². The molecule has 7 heteroatoms. The van der Waals surface area contributed by atoms with Gasteiger partial charge in [0.1, 0.15) is 6.04 Å². The third kappa shape index (κ3) is 3.50. The van der Waals surface area contributed by atoms with Crippen molar-refractivity contribution in [2.45, 2.75) is 52.0 Å². The number of ether oxygens (including phenoxy) is 1. The van der Waals surface area contributed by atoms with Crippen LogP contribution in [0.1, 0.15) is 44.5 Å². The molecule has 3 heterocycles. The average molecular weight is 333 g/mol. The van der Waals surface area contributed by atoms with Crippen molar-refractivity contribution in [3.63, 3.8) is 0 Å². The third-order valence-electron chi connectivity index (χ3n) is 4.87. The van der Waals surface area contributed by atoms with Crippen molar-refractivity contribution in [2.75, 3.05) is 37.7 Å². The van der Waals surface area contributed by atoms with E-state index in [2.05, 4.69) is 28.9 Å². The first-order chi connectivity index (χ1) is 11.7. The number of amides is 1. The molecule has 1 amide bonds. The standard InChI is InChI=1S/C17H27N5O2/c1-3-13-14(4-2)19-20-17(18-13)22-8-6-5-7-15(22)16(23)21-9-11-24-12-10-21/h15H,3-12H2,1-2H3. The smallest absolute Gasteiger partial charge is 0.246 e. The van der Waals surface area contributed by atoms with Gasteiger partial charge in [-0.3, -0.25) is 4.79 Å². The van der Waals surface area contributed by atoms with Crippen molar-refractivity contribution in [1.29, 1.82) is 0 Å². The fourth-order valence-electron chi connectivity index (χ4n) is 3.47. The second kappa shape index (κ2) is 7.88. The van der Waals surface area contributed by atoms with Crippen LogP contribution in [0.25, 0.3) is 0 Å². The molecule has 0 spiro atoms. The summed E-state index contributed by atoms with van der Waals surface area (Å²) in [6, 6.07) is -0.171. The minimum absolute atomic E-state index is 0.171. The Morgan fingerprint density at radius 1 is 1.08 bits per heavy atom. The topological polar surface area (TPSA) is 71.5 Å². The number of hydrogen-bond donors (Lipinski definition) is 0. The summed E-state index contributed by atoms with van der Waals surface area (Å²) in [6.07, 6.45) is 4.66. The molecule has 0 N–H and O–H groups in total. The first kappa shape index (κ1) is 17.1. The van der Waals surface area contributed by atoms with Gasteiger partial charge in [0.25, 0.3) is 0 Å². The number of hydrogen-bond acceptors (Lipinski definition) is 6. The Labute approximate surface area is 143 Å². The number of aromatic nitrogens is 3. The lowest BCUT2D eigenvalue weighted by atomic mass is 10.0. The van der Waals surface area contributed by atoms with E-state index in [0.29, 0.717) is 32.3 Å². The molecule has 0 bridgehead atoms. The molecule has 3 rings (SSSR count). The fraction of sp³-hybridized carbons (Fsp3) is 0.765. The van der Waals surface area contributed by atoms with E-state index in [-0.39, 0.29) is 11.9 Å². The van der Waals surface area contributed by atoms with Crippen LogP contribution in [0.3, 0.4) is 0 Å². The Kier molecular flexibility index (Phi) is 5.60. The highest BCUT2D eigenvalue weighted by molar-refractivity contribution is 5.85. The van der Waals surface area contributed by atoms with Gasteiger partial charge in [0.2, 0.25) is 11.9 Å². The molecule has 1 unspecified atom stereocenters. The quantitative estimate of drug-likeness (QED) is 0.825. The SMILES string of the molecule is CCc1nnc(N2CCCCC2C(=O)N2CCOCC2)nc1CC. The second-order valence-electron chi connectivity index (χ2n) is 6.35. The Balaban J connectivity index is 1.82. The summed E-state index contributed by atoms with van der Waals surface area (Å²) >= 11 is 0. The summed E-state index contributed by atoms with van der Waals surface area (Å²) in [4.78, 5) is 21.7. The van der Waals surface area contributed by atoms with Crippen molar-refractivity contribution < 1.29 is 9.53 Å². The van der Waals surface area contributed by atoms with E-state index in [1.54, 1.807) is 0 Å². The van der Waals surface area contributed by atoms with E-state index in [0.717, 1.165) is 50.0 Å². The van der Waals surface area contributed by atoms with E-state index in [4.69, 9.17) is 9.72 Å². The molecule has 1 aromatic heterocycles. The lowest BCUT2D eigenvalue weighted by Crippen LogP contribution is -2.54. The van der Waals surface area contributed by atoms with Gasteiger partial charge in [0.05, 0.1) is 24.6 Å². The molecule has 0 aromatic carbocycles. The molecule has 2 fully saturated rings. The molecular formula is C17H27N5O2. The number of aryl methyl sites for hydroxylation is 2. The summed E-state index contributed by atoms with van der Waals surface area (Å²) in [5, 5.41) is 8.68. The van der Waals surface area contributed by atoms with Gasteiger partial charge in [0.15, 0.2) is 0 Å². The zero-order valence-electron chi connectivity index (χ0n) is 14.7. The monoisotopic (exact) mass is 333 g/mol. The van der Waals surface area contributed by atoms with Gasteiger partial charge >= 0.3 is 0 Å². The van der Waals surface area contributed by atoms with Gasteiger partial charge in [-0.25, -0.2) is 4.98 Å². The normalized spacial score (nSPS) is 21.8. The van der Waals surface area contributed by atoms with Crippen LogP contribution in [0.4, 0.5) is 5.95 Å². The van der Waals surface area contributed by atoms with Crippen LogP contribution in [-0.2, 0) is 22.4 Å². The highest BCUT2D eigenvalue weighted by Gasteiger charge is 2.34. The fourth-order valence-corrected chi connectivity index (χ4v) is 3.47. The van der Waals surface area contributed by atoms with E-state index in [9.17, 15) is 4.79 Å². The largest absolute Gasteiger partial charge is 0.378 e. The molecule has 0 saturated carbocycles. The number of rotatable bonds is 4. The average Bonchev–Trinajstić information content (AvgIpc) is 2.67. The number of carbonyl (C=O) groups excluding carboxylic acids is 1. The van der Waals surface area contributed by atoms with Crippen LogP contribution >= 0.6 is 0 Å². The van der Waals surface area contributed by atoms with Gasteiger partial charge in [-0.15, -0.1) is 5.10 Å². The lowest BCUT2D eigenvalue weighted by Gasteiger charge is -2.38. The molecule has 132 valence electrons. The summed E-state index contributed by atoms with van der Waals surface area (Å²) in [7, 11) is 0. The molecule has 0 aliphatic carbocycles. The van der Waals surface area contributed by atoms with Crippen LogP contribution in [0.2, 0.25) is 0 Å². The Morgan fingerprint density at radius 2 is 1.83 bits per heavy atom. The maximum Gasteiger partial charge on any atom is 0.246 e. The first-order valence-corrected chi connectivity index (χ1v) is 9.10. The summed E-state index contributed by atoms with van der Waals surface area (Å²) in [6.45, 7) is 7.57. The van der Waals surface area contributed by atoms with Gasteiger partial charge in [0, 0.05) is 19.6 Å². The molecule has 2 aliphatic rings. The van der Waals surface area contributed by atoms with Crippen molar-refractivity contribution >= 4 is 11.9 Å². The molecule has 1 atom stereocenters. The minimum Gasteiger partial charge on any atom is -0.378 e. The van der Waals surface area contributed by atoms with Gasteiger partial charge in [-0.1, -0.05) is 13.8 Å². The number of carbonyl (C=O) groups is 1. The minimum atomic E-state index is -0.171. The zero-order chi connectivity index (χ0) is 16.9. The molecule has 0 radical (unpaired) electrons. The van der Waals surface area contributed by atoms with Crippen molar-refractivity contribution in [3.05, 3.63) is 11.4 Å². The highest BCUT2D eigenvalue weighted by atomic mass is 16.5. The molecule has 2 saturated heterocycles. The number of nitrogens with zero attached hydrogens (tertiary/aromatic N) is 5. The first-order valence-electron chi connectivity index (χ1n) is 9.10. The van der Waals surface area contributed by atoms with Gasteiger partial charge < -0.3 is 14.5 Å². The predicted octanol–water partition coefficient (Wildman–Crippen LogP) is 1.21. The van der Waals surface area contributed by atoms with Crippen LogP contribution < -0.4 is 4.90 Å². The third-order valence-corrected chi connectivity index (χ3v) is 4.87. The van der Waals surface area contributed by atoms with E-state index in [1.807, 2.05) is 4.90 Å². The van der Waals surface area contributed by atoms with Crippen LogP contribution in [0.15, 0.2) is 0 Å². The summed E-state index contributed by atoms with van der Waals surface area (Å²) < 4.78 is 5.36. The molecule has 1 aromatic rings. The van der Waals surface area contributed by atoms with E-state index < -0.39 is 0 Å². The van der Waals surface area contributed by atoms with Gasteiger partial charge in [-0.05, 0) is 32.1 Å². The Bertz CT molecular complexity index is 574. The van der Waals surface area contributed by atoms with E-state index in [1.165, 1.54) is 0 Å². The number of morpholine rings is 1. The molecule has 7 nitrogen and oxygen atoms in total. The summed E-state index contributed by atoms with van der Waals surface area (Å²) in [5.74, 6) is 0.787. The number of piperidine rings is 1. The van der Waals surface area contributed by atoms with Crippen LogP contribution in [0.5, 0.6) is 0 Å². The molecular weight excluding hydrogens is 306 g/mol. The lowest BCUT2D eigenvalue weighted by molar-refractivity contribution is -0.137. The maximum atomic E-state index is 13.0. The second-order valence-corrected chi connectivity index (χ2v) is 6.35. The summed E-state index contributed by atoms with van der Waals surface area (Å²) in [5.41, 5.74) is 1.94. The Morgan fingerprint density at radius 3 is 2.54 bits per heavy atom. The van der Waals surface area contributed by atoms with Crippen molar-refractivity contribution in [3.8, 4) is 0 Å². The van der Waals surface area contributed by atoms with Crippen molar-refractivity contribution in [1.82, 2.24) is 20.1 Å². The van der Waals surface area contributed by atoms with Gasteiger partial charge in [-0.2, -0.15) is 5.10 Å². The predicted molar refractivity (Wildman–Crippen MR) is 91.0 cm³/mol. The van der Waals surface area contributed by atoms with Crippen molar-refractivity contribution in [2.24, 2.45) is 0 Å². The Hall–Kier alpha value is -1.76. The zero-order valence-corrected chi connectivity index (χ0v) is 14.7. The maximum absolute atomic E-state index is 13.0. The highest BCUT2D eigenvalue weighted by Crippen LogP contribution is 2.24.